The van der Waals surface area contributed by atoms with Crippen molar-refractivity contribution in [2.45, 2.75) is 32.2 Å². The third kappa shape index (κ3) is 3.29. The molecule has 1 aromatic rings. The molecule has 0 aromatic carbocycles. The zero-order valence-electron chi connectivity index (χ0n) is 10.9. The molecule has 4 nitrogen and oxygen atoms in total. The first kappa shape index (κ1) is 13.0. The summed E-state index contributed by atoms with van der Waals surface area (Å²) in [7, 11) is 0. The fourth-order valence-corrected chi connectivity index (χ4v) is 2.44. The Morgan fingerprint density at radius 3 is 3.11 bits per heavy atom. The van der Waals surface area contributed by atoms with Crippen molar-refractivity contribution < 1.29 is 4.79 Å². The summed E-state index contributed by atoms with van der Waals surface area (Å²) in [5.41, 5.74) is 6.77. The Kier molecular flexibility index (Phi) is 4.31. The van der Waals surface area contributed by atoms with E-state index >= 15 is 0 Å². The second-order valence-electron chi connectivity index (χ2n) is 5.10. The number of hydrogen-bond donors (Lipinski definition) is 1. The van der Waals surface area contributed by atoms with Gasteiger partial charge in [-0.15, -0.1) is 0 Å². The summed E-state index contributed by atoms with van der Waals surface area (Å²) in [6.45, 7) is 3.68. The normalized spacial score (nSPS) is 21.7. The van der Waals surface area contributed by atoms with Gasteiger partial charge in [-0.05, 0) is 37.8 Å². The number of pyridine rings is 1. The quantitative estimate of drug-likeness (QED) is 0.873. The van der Waals surface area contributed by atoms with Crippen LogP contribution in [0.5, 0.6) is 0 Å². The predicted octanol–water partition coefficient (Wildman–Crippen LogP) is 1.21. The van der Waals surface area contributed by atoms with Crippen molar-refractivity contribution in [2.24, 2.45) is 11.7 Å². The predicted molar refractivity (Wildman–Crippen MR) is 70.9 cm³/mol. The fraction of sp³-hybridized carbons (Fsp3) is 0.571. The first-order chi connectivity index (χ1) is 8.66. The second-order valence-corrected chi connectivity index (χ2v) is 5.10. The Hall–Kier alpha value is -1.42. The van der Waals surface area contributed by atoms with Crippen LogP contribution >= 0.6 is 0 Å². The summed E-state index contributed by atoms with van der Waals surface area (Å²) in [5.74, 6) is 0.602. The van der Waals surface area contributed by atoms with Gasteiger partial charge in [-0.2, -0.15) is 0 Å². The first-order valence-electron chi connectivity index (χ1n) is 6.60. The third-order valence-electron chi connectivity index (χ3n) is 3.61. The molecule has 1 aliphatic heterocycles. The lowest BCUT2D eigenvalue weighted by Gasteiger charge is -2.34. The van der Waals surface area contributed by atoms with Crippen molar-refractivity contribution in [1.82, 2.24) is 9.88 Å². The molecule has 0 spiro atoms. The maximum absolute atomic E-state index is 12.2. The molecule has 2 rings (SSSR count). The van der Waals surface area contributed by atoms with Crippen LogP contribution in [0.1, 0.15) is 25.5 Å². The van der Waals surface area contributed by atoms with E-state index in [0.29, 0.717) is 12.3 Å². The molecule has 2 heterocycles. The molecule has 0 radical (unpaired) electrons. The van der Waals surface area contributed by atoms with E-state index in [0.717, 1.165) is 31.6 Å². The summed E-state index contributed by atoms with van der Waals surface area (Å²) in [5, 5.41) is 0. The molecule has 1 saturated heterocycles. The number of nitrogens with two attached hydrogens (primary N) is 1. The van der Waals surface area contributed by atoms with Crippen LogP contribution in [-0.4, -0.2) is 34.9 Å². The van der Waals surface area contributed by atoms with Gasteiger partial charge in [-0.3, -0.25) is 9.78 Å². The van der Waals surface area contributed by atoms with Crippen LogP contribution < -0.4 is 5.73 Å². The Morgan fingerprint density at radius 1 is 1.61 bits per heavy atom. The molecule has 2 unspecified atom stereocenters. The number of aromatic nitrogens is 1. The first-order valence-corrected chi connectivity index (χ1v) is 6.60. The lowest BCUT2D eigenvalue weighted by Crippen LogP contribution is -2.45. The number of piperidine rings is 1. The Morgan fingerprint density at radius 2 is 2.44 bits per heavy atom. The van der Waals surface area contributed by atoms with E-state index in [4.69, 9.17) is 5.73 Å². The van der Waals surface area contributed by atoms with Gasteiger partial charge in [0.25, 0.3) is 0 Å². The summed E-state index contributed by atoms with van der Waals surface area (Å²) in [6, 6.07) is 5.83. The molecule has 2 N–H and O–H groups in total. The van der Waals surface area contributed by atoms with Crippen molar-refractivity contribution in [3.63, 3.8) is 0 Å². The van der Waals surface area contributed by atoms with Gasteiger partial charge in [0.2, 0.25) is 5.91 Å². The minimum absolute atomic E-state index is 0.162. The van der Waals surface area contributed by atoms with E-state index in [1.165, 1.54) is 0 Å². The largest absolute Gasteiger partial charge is 0.342 e. The van der Waals surface area contributed by atoms with Gasteiger partial charge in [0.15, 0.2) is 0 Å². The molecular formula is C14H21N3O. The molecule has 4 heteroatoms. The van der Waals surface area contributed by atoms with E-state index in [-0.39, 0.29) is 11.9 Å². The van der Waals surface area contributed by atoms with Crippen LogP contribution in [0.15, 0.2) is 24.4 Å². The van der Waals surface area contributed by atoms with Gasteiger partial charge >= 0.3 is 0 Å². The average molecular weight is 247 g/mol. The van der Waals surface area contributed by atoms with E-state index in [2.05, 4.69) is 4.98 Å². The lowest BCUT2D eigenvalue weighted by atomic mass is 9.92. The fourth-order valence-electron chi connectivity index (χ4n) is 2.44. The van der Waals surface area contributed by atoms with Crippen molar-refractivity contribution in [3.8, 4) is 0 Å². The molecule has 1 fully saturated rings. The molecule has 18 heavy (non-hydrogen) atoms. The highest BCUT2D eigenvalue weighted by atomic mass is 16.2. The van der Waals surface area contributed by atoms with Gasteiger partial charge < -0.3 is 10.6 Å². The van der Waals surface area contributed by atoms with Crippen LogP contribution in [0.25, 0.3) is 0 Å². The van der Waals surface area contributed by atoms with E-state index in [1.54, 1.807) is 6.20 Å². The zero-order chi connectivity index (χ0) is 13.0. The summed E-state index contributed by atoms with van der Waals surface area (Å²) in [6.07, 6.45) is 4.31. The molecule has 0 aliphatic carbocycles. The summed E-state index contributed by atoms with van der Waals surface area (Å²) >= 11 is 0. The maximum atomic E-state index is 12.2. The highest BCUT2D eigenvalue weighted by Gasteiger charge is 2.25. The van der Waals surface area contributed by atoms with Gasteiger partial charge in [0.05, 0.1) is 6.42 Å². The molecule has 98 valence electrons. The molecule has 0 bridgehead atoms. The van der Waals surface area contributed by atoms with Crippen molar-refractivity contribution in [3.05, 3.63) is 30.1 Å². The number of carbonyl (C=O) groups excluding carboxylic acids is 1. The highest BCUT2D eigenvalue weighted by Crippen LogP contribution is 2.19. The minimum Gasteiger partial charge on any atom is -0.342 e. The second kappa shape index (κ2) is 5.96. The van der Waals surface area contributed by atoms with Crippen molar-refractivity contribution >= 4 is 5.91 Å². The molecule has 2 atom stereocenters. The SMILES string of the molecule is CC(N)C1CCCN(C(=O)Cc2ccccn2)C1. The summed E-state index contributed by atoms with van der Waals surface area (Å²) < 4.78 is 0. The molecule has 1 amide bonds. The van der Waals surface area contributed by atoms with Crippen LogP contribution in [0.3, 0.4) is 0 Å². The topological polar surface area (TPSA) is 59.2 Å². The van der Waals surface area contributed by atoms with Crippen LogP contribution in [-0.2, 0) is 11.2 Å². The number of carbonyl (C=O) groups is 1. The van der Waals surface area contributed by atoms with Gasteiger partial charge in [0.1, 0.15) is 0 Å². The van der Waals surface area contributed by atoms with E-state index < -0.39 is 0 Å². The highest BCUT2D eigenvalue weighted by molar-refractivity contribution is 5.78. The number of hydrogen-bond acceptors (Lipinski definition) is 3. The van der Waals surface area contributed by atoms with E-state index in [9.17, 15) is 4.79 Å². The number of amides is 1. The smallest absolute Gasteiger partial charge is 0.228 e. The van der Waals surface area contributed by atoms with Crippen LogP contribution in [0.2, 0.25) is 0 Å². The Bertz CT molecular complexity index is 391. The molecule has 1 aliphatic rings. The number of nitrogens with zero attached hydrogens (tertiary/aromatic N) is 2. The third-order valence-corrected chi connectivity index (χ3v) is 3.61. The minimum atomic E-state index is 0.162. The van der Waals surface area contributed by atoms with Gasteiger partial charge in [0, 0.05) is 31.0 Å². The zero-order valence-corrected chi connectivity index (χ0v) is 10.9. The average Bonchev–Trinajstić information content (AvgIpc) is 2.40. The number of rotatable bonds is 3. The molecule has 1 aromatic heterocycles. The Balaban J connectivity index is 1.93. The Labute approximate surface area is 108 Å². The van der Waals surface area contributed by atoms with Crippen molar-refractivity contribution in [1.29, 1.82) is 0 Å². The maximum Gasteiger partial charge on any atom is 0.228 e. The lowest BCUT2D eigenvalue weighted by molar-refractivity contribution is -0.132. The van der Waals surface area contributed by atoms with Crippen LogP contribution in [0.4, 0.5) is 0 Å². The van der Waals surface area contributed by atoms with Gasteiger partial charge in [-0.1, -0.05) is 6.07 Å². The van der Waals surface area contributed by atoms with E-state index in [1.807, 2.05) is 30.0 Å². The van der Waals surface area contributed by atoms with Gasteiger partial charge in [-0.25, -0.2) is 0 Å². The monoisotopic (exact) mass is 247 g/mol. The van der Waals surface area contributed by atoms with Crippen molar-refractivity contribution in [2.75, 3.05) is 13.1 Å². The van der Waals surface area contributed by atoms with Crippen LogP contribution in [0, 0.1) is 5.92 Å². The molecular weight excluding hydrogens is 226 g/mol. The molecule has 0 saturated carbocycles. The summed E-state index contributed by atoms with van der Waals surface area (Å²) in [4.78, 5) is 18.3. The standard InChI is InChI=1S/C14H21N3O/c1-11(15)12-5-4-8-17(10-12)14(18)9-13-6-2-3-7-16-13/h2-3,6-7,11-12H,4-5,8-10,15H2,1H3. The number of likely N-dealkylation sites (tertiary alicyclic amines) is 1.